The van der Waals surface area contributed by atoms with Gasteiger partial charge in [-0.05, 0) is 63.0 Å². The highest BCUT2D eigenvalue weighted by Crippen LogP contribution is 2.39. The zero-order valence-corrected chi connectivity index (χ0v) is 29.7. The Bertz CT molecular complexity index is 1700. The molecule has 2 aliphatic rings. The Morgan fingerprint density at radius 1 is 1.00 bits per heavy atom. The third kappa shape index (κ3) is 8.34. The summed E-state index contributed by atoms with van der Waals surface area (Å²) >= 11 is 0. The average Bonchev–Trinajstić information content (AvgIpc) is 3.69. The quantitative estimate of drug-likeness (QED) is 0.209. The van der Waals surface area contributed by atoms with Crippen molar-refractivity contribution in [2.24, 2.45) is 0 Å². The number of likely N-dealkylation sites (N-methyl/N-ethyl adjacent to an activating group) is 1. The summed E-state index contributed by atoms with van der Waals surface area (Å²) < 4.78 is 21.8. The van der Waals surface area contributed by atoms with Crippen LogP contribution in [0.5, 0.6) is 5.75 Å². The molecule has 49 heavy (non-hydrogen) atoms. The van der Waals surface area contributed by atoms with Gasteiger partial charge in [-0.15, -0.1) is 10.2 Å². The van der Waals surface area contributed by atoms with Crippen molar-refractivity contribution < 1.29 is 19.0 Å². The number of hydrogen-bond acceptors (Lipinski definition) is 9. The molecule has 3 aromatic heterocycles. The lowest BCUT2D eigenvalue weighted by Crippen LogP contribution is -2.38. The first-order valence-corrected chi connectivity index (χ1v) is 17.4. The van der Waals surface area contributed by atoms with Crippen molar-refractivity contribution >= 4 is 23.4 Å². The number of nitrogens with zero attached hydrogens (tertiary/aromatic N) is 7. The summed E-state index contributed by atoms with van der Waals surface area (Å²) in [5.74, 6) is 2.22. The Balaban J connectivity index is 1.11. The van der Waals surface area contributed by atoms with E-state index in [-0.39, 0.29) is 29.7 Å². The standard InChI is InChI=1S/C36H51N9O4/c1-36(2,3)31-23-33(45(41-31)20-21-47-6)38-34(46)37-29-12-13-30(28-10-8-7-9-27(28)29)49-26-11-14-32-39-40-35(44(32)24-26)43-17-15-25(16-18-43)48-22-19-42(4)5/h7-11,14,23-25,29-30H,12-13,15-22H2,1-6H3,(H2,37,38,46)/t29-,30+/m0/s1. The average molecular weight is 674 g/mol. The number of nitrogens with one attached hydrogen (secondary N) is 2. The molecule has 2 atom stereocenters. The van der Waals surface area contributed by atoms with E-state index < -0.39 is 0 Å². The molecule has 0 unspecified atom stereocenters. The number of piperidine rings is 1. The zero-order chi connectivity index (χ0) is 34.5. The second-order valence-corrected chi connectivity index (χ2v) is 14.3. The van der Waals surface area contributed by atoms with Crippen LogP contribution in [0.25, 0.3) is 5.65 Å². The summed E-state index contributed by atoms with van der Waals surface area (Å²) in [6, 6.07) is 13.6. The summed E-state index contributed by atoms with van der Waals surface area (Å²) in [7, 11) is 5.79. The normalized spacial score (nSPS) is 18.6. The van der Waals surface area contributed by atoms with E-state index in [0.717, 1.165) is 86.1 Å². The van der Waals surface area contributed by atoms with Crippen molar-refractivity contribution in [1.29, 1.82) is 0 Å². The second kappa shape index (κ2) is 15.1. The lowest BCUT2D eigenvalue weighted by Gasteiger charge is -2.33. The number of urea groups is 1. The summed E-state index contributed by atoms with van der Waals surface area (Å²) in [6.07, 6.45) is 5.50. The molecule has 1 saturated heterocycles. The van der Waals surface area contributed by atoms with E-state index >= 15 is 0 Å². The fraction of sp³-hybridized carbons (Fsp3) is 0.556. The highest BCUT2D eigenvalue weighted by atomic mass is 16.5. The molecular formula is C36H51N9O4. The molecule has 13 heteroatoms. The van der Waals surface area contributed by atoms with Gasteiger partial charge >= 0.3 is 6.03 Å². The Morgan fingerprint density at radius 3 is 2.51 bits per heavy atom. The van der Waals surface area contributed by atoms with Gasteiger partial charge in [0.25, 0.3) is 0 Å². The molecule has 13 nitrogen and oxygen atoms in total. The Kier molecular flexibility index (Phi) is 10.7. The Hall–Kier alpha value is -4.20. The predicted molar refractivity (Wildman–Crippen MR) is 189 cm³/mol. The van der Waals surface area contributed by atoms with Gasteiger partial charge in [0.05, 0.1) is 43.8 Å². The number of benzene rings is 1. The largest absolute Gasteiger partial charge is 0.484 e. The smallest absolute Gasteiger partial charge is 0.320 e. The van der Waals surface area contributed by atoms with Crippen molar-refractivity contribution in [2.45, 2.75) is 76.7 Å². The molecule has 1 fully saturated rings. The molecule has 0 saturated carbocycles. The van der Waals surface area contributed by atoms with E-state index in [0.29, 0.717) is 19.0 Å². The third-order valence-corrected chi connectivity index (χ3v) is 9.29. The first-order valence-electron chi connectivity index (χ1n) is 17.4. The van der Waals surface area contributed by atoms with Crippen LogP contribution in [-0.2, 0) is 21.4 Å². The van der Waals surface area contributed by atoms with Gasteiger partial charge in [0.1, 0.15) is 17.7 Å². The third-order valence-electron chi connectivity index (χ3n) is 9.29. The number of rotatable bonds is 12. The number of amides is 2. The minimum Gasteiger partial charge on any atom is -0.484 e. The Labute approximate surface area is 288 Å². The minimum absolute atomic E-state index is 0.152. The topological polar surface area (TPSA) is 123 Å². The van der Waals surface area contributed by atoms with Gasteiger partial charge in [0.15, 0.2) is 5.65 Å². The van der Waals surface area contributed by atoms with Crippen molar-refractivity contribution in [3.8, 4) is 5.75 Å². The Morgan fingerprint density at radius 2 is 1.78 bits per heavy atom. The molecule has 6 rings (SSSR count). The van der Waals surface area contributed by atoms with Crippen molar-refractivity contribution in [3.63, 3.8) is 0 Å². The van der Waals surface area contributed by atoms with Crippen molar-refractivity contribution in [1.82, 2.24) is 34.6 Å². The van der Waals surface area contributed by atoms with Crippen LogP contribution in [-0.4, -0.2) is 95.5 Å². The first-order chi connectivity index (χ1) is 23.6. The van der Waals surface area contributed by atoms with Crippen LogP contribution in [0.2, 0.25) is 0 Å². The van der Waals surface area contributed by atoms with Crippen LogP contribution >= 0.6 is 0 Å². The van der Waals surface area contributed by atoms with E-state index in [4.69, 9.17) is 19.3 Å². The molecule has 1 aliphatic heterocycles. The lowest BCUT2D eigenvalue weighted by molar-refractivity contribution is 0.0292. The second-order valence-electron chi connectivity index (χ2n) is 14.3. The molecule has 2 N–H and O–H groups in total. The summed E-state index contributed by atoms with van der Waals surface area (Å²) in [6.45, 7) is 10.8. The fourth-order valence-electron chi connectivity index (χ4n) is 6.50. The van der Waals surface area contributed by atoms with Crippen LogP contribution in [0, 0.1) is 0 Å². The van der Waals surface area contributed by atoms with Crippen molar-refractivity contribution in [3.05, 3.63) is 65.5 Å². The number of aromatic nitrogens is 5. The zero-order valence-electron chi connectivity index (χ0n) is 29.7. The summed E-state index contributed by atoms with van der Waals surface area (Å²) in [5.41, 5.74) is 3.66. The molecule has 4 heterocycles. The number of ether oxygens (including phenoxy) is 3. The van der Waals surface area contributed by atoms with Crippen LogP contribution in [0.15, 0.2) is 48.7 Å². The van der Waals surface area contributed by atoms with Gasteiger partial charge in [-0.25, -0.2) is 9.48 Å². The SMILES string of the molecule is COCCn1nc(C(C)(C)C)cc1NC(=O)N[C@H]1CC[C@@H](Oc2ccc3nnc(N4CCC(OCCN(C)C)CC4)n3c2)c2ccccc21. The maximum absolute atomic E-state index is 13.3. The highest BCUT2D eigenvalue weighted by Gasteiger charge is 2.30. The maximum atomic E-state index is 13.3. The summed E-state index contributed by atoms with van der Waals surface area (Å²) in [4.78, 5) is 17.8. The van der Waals surface area contributed by atoms with Gasteiger partial charge in [0, 0.05) is 38.2 Å². The number of anilines is 2. The highest BCUT2D eigenvalue weighted by molar-refractivity contribution is 5.88. The molecule has 1 aliphatic carbocycles. The molecule has 264 valence electrons. The van der Waals surface area contributed by atoms with Crippen LogP contribution < -0.4 is 20.3 Å². The monoisotopic (exact) mass is 673 g/mol. The predicted octanol–water partition coefficient (Wildman–Crippen LogP) is 5.19. The number of carbonyl (C=O) groups is 1. The molecule has 0 bridgehead atoms. The van der Waals surface area contributed by atoms with Gasteiger partial charge in [-0.3, -0.25) is 9.72 Å². The van der Waals surface area contributed by atoms with Gasteiger partial charge < -0.3 is 29.3 Å². The number of pyridine rings is 1. The molecular weight excluding hydrogens is 622 g/mol. The minimum atomic E-state index is -0.270. The van der Waals surface area contributed by atoms with E-state index in [1.165, 1.54) is 0 Å². The van der Waals surface area contributed by atoms with E-state index in [9.17, 15) is 4.79 Å². The van der Waals surface area contributed by atoms with Gasteiger partial charge in [-0.2, -0.15) is 5.10 Å². The van der Waals surface area contributed by atoms with E-state index in [1.54, 1.807) is 11.8 Å². The summed E-state index contributed by atoms with van der Waals surface area (Å²) in [5, 5.41) is 19.9. The lowest BCUT2D eigenvalue weighted by atomic mass is 9.85. The number of fused-ring (bicyclic) bond motifs is 2. The van der Waals surface area contributed by atoms with E-state index in [2.05, 4.69) is 77.6 Å². The first kappa shape index (κ1) is 34.7. The molecule has 0 spiro atoms. The van der Waals surface area contributed by atoms with Gasteiger partial charge in [-0.1, -0.05) is 45.0 Å². The van der Waals surface area contributed by atoms with Crippen molar-refractivity contribution in [2.75, 3.05) is 64.3 Å². The maximum Gasteiger partial charge on any atom is 0.320 e. The number of hydrogen-bond donors (Lipinski definition) is 2. The fourth-order valence-corrected chi connectivity index (χ4v) is 6.50. The van der Waals surface area contributed by atoms with Gasteiger partial charge in [0.2, 0.25) is 5.95 Å². The van der Waals surface area contributed by atoms with Crippen LogP contribution in [0.4, 0.5) is 16.6 Å². The molecule has 2 amide bonds. The molecule has 4 aromatic rings. The van der Waals surface area contributed by atoms with Crippen LogP contribution in [0.3, 0.4) is 0 Å². The number of methoxy groups -OCH3 is 1. The number of carbonyl (C=O) groups excluding carboxylic acids is 1. The molecule has 1 aromatic carbocycles. The molecule has 0 radical (unpaired) electrons. The van der Waals surface area contributed by atoms with Crippen LogP contribution in [0.1, 0.15) is 75.4 Å². The van der Waals surface area contributed by atoms with E-state index in [1.807, 2.05) is 40.9 Å².